The summed E-state index contributed by atoms with van der Waals surface area (Å²) in [6.45, 7) is 8.47. The largest absolute Gasteiger partial charge is 0.349 e. The predicted molar refractivity (Wildman–Crippen MR) is 99.7 cm³/mol. The number of hydrogen-bond donors (Lipinski definition) is 1. The lowest BCUT2D eigenvalue weighted by Gasteiger charge is -2.38. The number of aromatic nitrogens is 2. The SMILES string of the molecule is C=CC(=O)N1CC(CC(=O)NC(C)c2cnn(-c3ccc(F)cc3)c2C)C1. The number of likely N-dealkylation sites (tertiary alicyclic amines) is 1. The van der Waals surface area contributed by atoms with E-state index in [1.807, 2.05) is 13.8 Å². The molecular weight excluding hydrogens is 347 g/mol. The molecule has 1 aromatic heterocycles. The molecule has 2 heterocycles. The van der Waals surface area contributed by atoms with E-state index in [2.05, 4.69) is 17.0 Å². The maximum Gasteiger partial charge on any atom is 0.245 e. The minimum absolute atomic E-state index is 0.0489. The van der Waals surface area contributed by atoms with Crippen LogP contribution in [0.2, 0.25) is 0 Å². The van der Waals surface area contributed by atoms with Crippen molar-refractivity contribution in [3.8, 4) is 5.69 Å². The third kappa shape index (κ3) is 4.07. The molecule has 1 aliphatic rings. The quantitative estimate of drug-likeness (QED) is 0.795. The lowest BCUT2D eigenvalue weighted by Crippen LogP contribution is -2.50. The fraction of sp³-hybridized carbons (Fsp3) is 0.350. The molecule has 1 aliphatic heterocycles. The molecule has 1 N–H and O–H groups in total. The molecule has 0 spiro atoms. The molecule has 0 aliphatic carbocycles. The molecule has 0 saturated carbocycles. The van der Waals surface area contributed by atoms with Gasteiger partial charge in [-0.1, -0.05) is 6.58 Å². The van der Waals surface area contributed by atoms with Crippen molar-refractivity contribution in [3.63, 3.8) is 0 Å². The molecule has 1 aromatic carbocycles. The lowest BCUT2D eigenvalue weighted by atomic mass is 9.95. The molecule has 3 rings (SSSR count). The van der Waals surface area contributed by atoms with Crippen molar-refractivity contribution in [2.75, 3.05) is 13.1 Å². The third-order valence-electron chi connectivity index (χ3n) is 4.88. The highest BCUT2D eigenvalue weighted by Gasteiger charge is 2.31. The van der Waals surface area contributed by atoms with Gasteiger partial charge < -0.3 is 10.2 Å². The molecule has 27 heavy (non-hydrogen) atoms. The first kappa shape index (κ1) is 18.8. The van der Waals surface area contributed by atoms with Crippen LogP contribution in [0, 0.1) is 18.7 Å². The topological polar surface area (TPSA) is 67.2 Å². The van der Waals surface area contributed by atoms with Crippen LogP contribution in [0.3, 0.4) is 0 Å². The van der Waals surface area contributed by atoms with Crippen LogP contribution in [-0.2, 0) is 9.59 Å². The van der Waals surface area contributed by atoms with Crippen molar-refractivity contribution < 1.29 is 14.0 Å². The molecule has 7 heteroatoms. The lowest BCUT2D eigenvalue weighted by molar-refractivity contribution is -0.135. The van der Waals surface area contributed by atoms with Crippen LogP contribution in [0.25, 0.3) is 5.69 Å². The first-order valence-electron chi connectivity index (χ1n) is 8.90. The standard InChI is InChI=1S/C20H23FN4O2/c1-4-20(27)24-11-15(12-24)9-19(26)23-13(2)18-10-22-25(14(18)3)17-7-5-16(21)6-8-17/h4-8,10,13,15H,1,9,11-12H2,2-3H3,(H,23,26). The number of rotatable bonds is 6. The number of nitrogens with one attached hydrogen (secondary N) is 1. The third-order valence-corrected chi connectivity index (χ3v) is 4.88. The molecule has 0 bridgehead atoms. The number of carbonyl (C=O) groups excluding carboxylic acids is 2. The maximum absolute atomic E-state index is 13.1. The minimum atomic E-state index is -0.297. The van der Waals surface area contributed by atoms with Gasteiger partial charge in [0.25, 0.3) is 0 Å². The highest BCUT2D eigenvalue weighted by Crippen LogP contribution is 2.22. The average Bonchev–Trinajstić information content (AvgIpc) is 2.99. The number of nitrogens with zero attached hydrogens (tertiary/aromatic N) is 3. The van der Waals surface area contributed by atoms with Crippen molar-refractivity contribution >= 4 is 11.8 Å². The van der Waals surface area contributed by atoms with Crippen molar-refractivity contribution in [1.82, 2.24) is 20.0 Å². The van der Waals surface area contributed by atoms with Crippen molar-refractivity contribution in [1.29, 1.82) is 0 Å². The Morgan fingerprint density at radius 3 is 2.67 bits per heavy atom. The Balaban J connectivity index is 1.58. The molecule has 142 valence electrons. The van der Waals surface area contributed by atoms with Crippen LogP contribution in [-0.4, -0.2) is 39.6 Å². The Hall–Kier alpha value is -2.96. The minimum Gasteiger partial charge on any atom is -0.349 e. The number of hydrogen-bond acceptors (Lipinski definition) is 3. The van der Waals surface area contributed by atoms with Gasteiger partial charge in [0.05, 0.1) is 17.9 Å². The van der Waals surface area contributed by atoms with E-state index in [-0.39, 0.29) is 29.6 Å². The van der Waals surface area contributed by atoms with Crippen LogP contribution in [0.1, 0.15) is 30.6 Å². The van der Waals surface area contributed by atoms with Crippen LogP contribution < -0.4 is 5.32 Å². The number of halogens is 1. The van der Waals surface area contributed by atoms with E-state index in [0.717, 1.165) is 16.9 Å². The van der Waals surface area contributed by atoms with E-state index in [1.54, 1.807) is 27.9 Å². The fourth-order valence-corrected chi connectivity index (χ4v) is 3.34. The summed E-state index contributed by atoms with van der Waals surface area (Å²) in [4.78, 5) is 25.4. The summed E-state index contributed by atoms with van der Waals surface area (Å²) >= 11 is 0. The second-order valence-electron chi connectivity index (χ2n) is 6.88. The first-order chi connectivity index (χ1) is 12.9. The zero-order valence-corrected chi connectivity index (χ0v) is 15.5. The van der Waals surface area contributed by atoms with E-state index >= 15 is 0 Å². The highest BCUT2D eigenvalue weighted by molar-refractivity contribution is 5.87. The van der Waals surface area contributed by atoms with E-state index in [9.17, 15) is 14.0 Å². The maximum atomic E-state index is 13.1. The Labute approximate surface area is 157 Å². The highest BCUT2D eigenvalue weighted by atomic mass is 19.1. The van der Waals surface area contributed by atoms with Gasteiger partial charge in [0.15, 0.2) is 0 Å². The van der Waals surface area contributed by atoms with Crippen LogP contribution in [0.5, 0.6) is 0 Å². The van der Waals surface area contributed by atoms with Gasteiger partial charge in [0.2, 0.25) is 11.8 Å². The van der Waals surface area contributed by atoms with Gasteiger partial charge in [-0.3, -0.25) is 9.59 Å². The number of amides is 2. The zero-order valence-electron chi connectivity index (χ0n) is 15.5. The van der Waals surface area contributed by atoms with E-state index in [0.29, 0.717) is 19.5 Å². The molecule has 2 amide bonds. The molecule has 2 aromatic rings. The van der Waals surface area contributed by atoms with Crippen molar-refractivity contribution in [2.45, 2.75) is 26.3 Å². The number of benzene rings is 1. The van der Waals surface area contributed by atoms with Gasteiger partial charge in [-0.15, -0.1) is 0 Å². The monoisotopic (exact) mass is 370 g/mol. The summed E-state index contributed by atoms with van der Waals surface area (Å²) in [5, 5.41) is 7.35. The second-order valence-corrected chi connectivity index (χ2v) is 6.88. The molecule has 1 unspecified atom stereocenters. The molecule has 1 saturated heterocycles. The van der Waals surface area contributed by atoms with Gasteiger partial charge in [-0.25, -0.2) is 9.07 Å². The van der Waals surface area contributed by atoms with Gasteiger partial charge in [-0.05, 0) is 44.2 Å². The van der Waals surface area contributed by atoms with Gasteiger partial charge in [0.1, 0.15) is 5.82 Å². The molecule has 1 atom stereocenters. The smallest absolute Gasteiger partial charge is 0.245 e. The summed E-state index contributed by atoms with van der Waals surface area (Å²) in [5.41, 5.74) is 2.56. The van der Waals surface area contributed by atoms with Crippen molar-refractivity contribution in [2.24, 2.45) is 5.92 Å². The fourth-order valence-electron chi connectivity index (χ4n) is 3.34. The van der Waals surface area contributed by atoms with Gasteiger partial charge in [0, 0.05) is 36.7 Å². The molecule has 6 nitrogen and oxygen atoms in total. The van der Waals surface area contributed by atoms with Gasteiger partial charge >= 0.3 is 0 Å². The summed E-state index contributed by atoms with van der Waals surface area (Å²) in [6, 6.07) is 5.91. The Kier molecular flexibility index (Phi) is 5.39. The van der Waals surface area contributed by atoms with Gasteiger partial charge in [-0.2, -0.15) is 5.10 Å². The average molecular weight is 370 g/mol. The molecular formula is C20H23FN4O2. The summed E-state index contributed by atoms with van der Waals surface area (Å²) in [7, 11) is 0. The van der Waals surface area contributed by atoms with Crippen LogP contribution >= 0.6 is 0 Å². The summed E-state index contributed by atoms with van der Waals surface area (Å²) in [5.74, 6) is -0.256. The predicted octanol–water partition coefficient (Wildman–Crippen LogP) is 2.53. The van der Waals surface area contributed by atoms with Crippen LogP contribution in [0.4, 0.5) is 4.39 Å². The Morgan fingerprint density at radius 1 is 1.37 bits per heavy atom. The van der Waals surface area contributed by atoms with E-state index in [1.165, 1.54) is 18.2 Å². The molecule has 1 fully saturated rings. The Morgan fingerprint density at radius 2 is 2.04 bits per heavy atom. The normalized spacial score (nSPS) is 15.1. The summed E-state index contributed by atoms with van der Waals surface area (Å²) < 4.78 is 14.8. The van der Waals surface area contributed by atoms with Crippen molar-refractivity contribution in [3.05, 3.63) is 60.2 Å². The Bertz CT molecular complexity index is 853. The zero-order chi connectivity index (χ0) is 19.6. The summed E-state index contributed by atoms with van der Waals surface area (Å²) in [6.07, 6.45) is 3.40. The first-order valence-corrected chi connectivity index (χ1v) is 8.90. The molecule has 0 radical (unpaired) electrons. The second kappa shape index (κ2) is 7.73. The number of carbonyl (C=O) groups is 2. The van der Waals surface area contributed by atoms with E-state index < -0.39 is 0 Å². The van der Waals surface area contributed by atoms with E-state index in [4.69, 9.17) is 0 Å². The van der Waals surface area contributed by atoms with Crippen LogP contribution in [0.15, 0.2) is 43.1 Å².